The molecule has 0 saturated heterocycles. The van der Waals surface area contributed by atoms with E-state index in [-0.39, 0.29) is 5.91 Å². The summed E-state index contributed by atoms with van der Waals surface area (Å²) in [5, 5.41) is 3.83. The zero-order valence-corrected chi connectivity index (χ0v) is 11.7. The number of hydrogen-bond donors (Lipinski definition) is 2. The van der Waals surface area contributed by atoms with Gasteiger partial charge in [-0.25, -0.2) is 4.98 Å². The van der Waals surface area contributed by atoms with Crippen molar-refractivity contribution >= 4 is 28.3 Å². The van der Waals surface area contributed by atoms with Gasteiger partial charge in [0.2, 0.25) is 0 Å². The van der Waals surface area contributed by atoms with Crippen molar-refractivity contribution in [1.29, 1.82) is 0 Å². The van der Waals surface area contributed by atoms with Crippen LogP contribution in [0.15, 0.2) is 48.8 Å². The van der Waals surface area contributed by atoms with Crippen molar-refractivity contribution in [3.63, 3.8) is 0 Å². The Kier molecular flexibility index (Phi) is 3.31. The number of nitrogens with zero attached hydrogens (tertiary/aromatic N) is 2. The van der Waals surface area contributed by atoms with Crippen LogP contribution in [0.5, 0.6) is 0 Å². The van der Waals surface area contributed by atoms with Gasteiger partial charge in [0.15, 0.2) is 0 Å². The highest BCUT2D eigenvalue weighted by atomic mass is 16.1. The van der Waals surface area contributed by atoms with E-state index in [1.807, 2.05) is 16.8 Å². The van der Waals surface area contributed by atoms with E-state index in [1.54, 1.807) is 36.5 Å². The number of rotatable bonds is 3. The molecule has 21 heavy (non-hydrogen) atoms. The van der Waals surface area contributed by atoms with E-state index in [1.165, 1.54) is 0 Å². The highest BCUT2D eigenvalue weighted by Gasteiger charge is 2.12. The summed E-state index contributed by atoms with van der Waals surface area (Å²) in [7, 11) is 0. The van der Waals surface area contributed by atoms with Gasteiger partial charge in [0, 0.05) is 30.0 Å². The second kappa shape index (κ2) is 5.28. The number of anilines is 2. The molecule has 2 aromatic heterocycles. The summed E-state index contributed by atoms with van der Waals surface area (Å²) in [6.45, 7) is 2.89. The number of hydrogen-bond acceptors (Lipinski definition) is 3. The molecular formula is C16H16N4O. The summed E-state index contributed by atoms with van der Waals surface area (Å²) in [6.07, 6.45) is 3.66. The number of carbonyl (C=O) groups is 1. The monoisotopic (exact) mass is 280 g/mol. The smallest absolute Gasteiger partial charge is 0.257 e. The molecule has 0 spiro atoms. The van der Waals surface area contributed by atoms with Crippen molar-refractivity contribution < 1.29 is 4.79 Å². The fraction of sp³-hybridized carbons (Fsp3) is 0.125. The minimum atomic E-state index is -0.218. The van der Waals surface area contributed by atoms with Gasteiger partial charge in [0.1, 0.15) is 5.65 Å². The lowest BCUT2D eigenvalue weighted by molar-refractivity contribution is 0.102. The molecule has 0 bridgehead atoms. The summed E-state index contributed by atoms with van der Waals surface area (Å²) in [5.74, 6) is -0.218. The van der Waals surface area contributed by atoms with Gasteiger partial charge in [-0.1, -0.05) is 12.1 Å². The number of benzene rings is 1. The molecule has 3 rings (SSSR count). The van der Waals surface area contributed by atoms with Crippen LogP contribution in [0, 0.1) is 0 Å². The number of nitrogens with two attached hydrogens (primary N) is 1. The Morgan fingerprint density at radius 3 is 2.86 bits per heavy atom. The topological polar surface area (TPSA) is 72.9 Å². The molecule has 2 heterocycles. The second-order valence-electron chi connectivity index (χ2n) is 4.74. The van der Waals surface area contributed by atoms with Crippen LogP contribution in [0.1, 0.15) is 17.3 Å². The summed E-state index contributed by atoms with van der Waals surface area (Å²) in [5.41, 5.74) is 8.36. The van der Waals surface area contributed by atoms with Crippen molar-refractivity contribution in [1.82, 2.24) is 9.55 Å². The van der Waals surface area contributed by atoms with Crippen molar-refractivity contribution in [3.8, 4) is 0 Å². The molecule has 1 amide bonds. The van der Waals surface area contributed by atoms with Gasteiger partial charge in [0.25, 0.3) is 5.91 Å². The van der Waals surface area contributed by atoms with Crippen molar-refractivity contribution in [3.05, 3.63) is 54.4 Å². The predicted octanol–water partition coefficient (Wildman–Crippen LogP) is 2.89. The number of aromatic nitrogens is 2. The lowest BCUT2D eigenvalue weighted by Crippen LogP contribution is -2.14. The first-order valence-electron chi connectivity index (χ1n) is 6.80. The van der Waals surface area contributed by atoms with Crippen LogP contribution >= 0.6 is 0 Å². The summed E-state index contributed by atoms with van der Waals surface area (Å²) in [4.78, 5) is 16.7. The molecule has 3 aromatic rings. The van der Waals surface area contributed by atoms with Crippen LogP contribution in [-0.2, 0) is 6.54 Å². The third-order valence-electron chi connectivity index (χ3n) is 3.46. The number of fused-ring (bicyclic) bond motifs is 1. The Labute approximate surface area is 122 Å². The van der Waals surface area contributed by atoms with Crippen LogP contribution in [0.4, 0.5) is 11.4 Å². The molecule has 0 aliphatic carbocycles. The normalized spacial score (nSPS) is 10.7. The van der Waals surface area contributed by atoms with Gasteiger partial charge >= 0.3 is 0 Å². The quantitative estimate of drug-likeness (QED) is 0.724. The van der Waals surface area contributed by atoms with Gasteiger partial charge in [-0.3, -0.25) is 4.79 Å². The molecule has 0 radical (unpaired) electrons. The molecule has 3 N–H and O–H groups in total. The maximum absolute atomic E-state index is 12.3. The molecule has 5 nitrogen and oxygen atoms in total. The predicted molar refractivity (Wildman–Crippen MR) is 84.2 cm³/mol. The van der Waals surface area contributed by atoms with E-state index in [2.05, 4.69) is 17.2 Å². The highest BCUT2D eigenvalue weighted by molar-refractivity contribution is 6.10. The average molecular weight is 280 g/mol. The number of amides is 1. The first kappa shape index (κ1) is 13.2. The highest BCUT2D eigenvalue weighted by Crippen LogP contribution is 2.23. The van der Waals surface area contributed by atoms with Crippen LogP contribution < -0.4 is 11.1 Å². The number of nitrogen functional groups attached to an aromatic ring is 1. The molecule has 0 aliphatic rings. The Bertz CT molecular complexity index is 807. The Morgan fingerprint density at radius 2 is 2.10 bits per heavy atom. The molecule has 1 aromatic carbocycles. The minimum absolute atomic E-state index is 0.218. The Balaban J connectivity index is 1.97. The van der Waals surface area contributed by atoms with Crippen molar-refractivity contribution in [2.45, 2.75) is 13.5 Å². The van der Waals surface area contributed by atoms with Gasteiger partial charge < -0.3 is 15.6 Å². The summed E-state index contributed by atoms with van der Waals surface area (Å²) >= 11 is 0. The fourth-order valence-electron chi connectivity index (χ4n) is 2.35. The van der Waals surface area contributed by atoms with Crippen LogP contribution in [0.2, 0.25) is 0 Å². The standard InChI is InChI=1S/C16H16N4O/c1-2-20-10-8-12-14(7-9-18-15(12)20)19-16(21)11-5-3-4-6-13(11)17/h3-10H,2,17H2,1H3,(H,18,19,21). The molecule has 106 valence electrons. The van der Waals surface area contributed by atoms with Crippen molar-refractivity contribution in [2.24, 2.45) is 0 Å². The third-order valence-corrected chi connectivity index (χ3v) is 3.46. The van der Waals surface area contributed by atoms with Crippen molar-refractivity contribution in [2.75, 3.05) is 11.1 Å². The molecule has 0 atom stereocenters. The number of aryl methyl sites for hydroxylation is 1. The van der Waals surface area contributed by atoms with E-state index in [4.69, 9.17) is 5.73 Å². The SMILES string of the molecule is CCn1ccc2c(NC(=O)c3ccccc3N)ccnc21. The van der Waals surface area contributed by atoms with Crippen LogP contribution in [-0.4, -0.2) is 15.5 Å². The zero-order valence-electron chi connectivity index (χ0n) is 11.7. The molecular weight excluding hydrogens is 264 g/mol. The second-order valence-corrected chi connectivity index (χ2v) is 4.74. The maximum atomic E-state index is 12.3. The zero-order chi connectivity index (χ0) is 14.8. The van der Waals surface area contributed by atoms with Gasteiger partial charge in [-0.05, 0) is 31.2 Å². The molecule has 0 saturated carbocycles. The Morgan fingerprint density at radius 1 is 1.29 bits per heavy atom. The van der Waals surface area contributed by atoms with Gasteiger partial charge in [-0.2, -0.15) is 0 Å². The van der Waals surface area contributed by atoms with Crippen LogP contribution in [0.25, 0.3) is 11.0 Å². The molecule has 5 heteroatoms. The average Bonchev–Trinajstić information content (AvgIpc) is 2.92. The third kappa shape index (κ3) is 2.33. The summed E-state index contributed by atoms with van der Waals surface area (Å²) < 4.78 is 2.03. The van der Waals surface area contributed by atoms with E-state index < -0.39 is 0 Å². The molecule has 0 unspecified atom stereocenters. The molecule has 0 aliphatic heterocycles. The first-order chi connectivity index (χ1) is 10.2. The summed E-state index contributed by atoms with van der Waals surface area (Å²) in [6, 6.07) is 10.8. The lowest BCUT2D eigenvalue weighted by Gasteiger charge is -2.08. The first-order valence-corrected chi connectivity index (χ1v) is 6.80. The van der Waals surface area contributed by atoms with E-state index in [9.17, 15) is 4.79 Å². The lowest BCUT2D eigenvalue weighted by atomic mass is 10.1. The van der Waals surface area contributed by atoms with E-state index in [0.29, 0.717) is 11.3 Å². The Hall–Kier alpha value is -2.82. The van der Waals surface area contributed by atoms with E-state index >= 15 is 0 Å². The van der Waals surface area contributed by atoms with Gasteiger partial charge in [0.05, 0.1) is 11.3 Å². The maximum Gasteiger partial charge on any atom is 0.257 e. The number of para-hydroxylation sites is 1. The van der Waals surface area contributed by atoms with Gasteiger partial charge in [-0.15, -0.1) is 0 Å². The van der Waals surface area contributed by atoms with Crippen LogP contribution in [0.3, 0.4) is 0 Å². The van der Waals surface area contributed by atoms with E-state index in [0.717, 1.165) is 23.3 Å². The number of nitrogens with one attached hydrogen (secondary N) is 1. The largest absolute Gasteiger partial charge is 0.398 e. The molecule has 0 fully saturated rings. The number of carbonyl (C=O) groups excluding carboxylic acids is 1. The minimum Gasteiger partial charge on any atom is -0.398 e. The fourth-order valence-corrected chi connectivity index (χ4v) is 2.35. The number of pyridine rings is 1.